The van der Waals surface area contributed by atoms with E-state index in [0.29, 0.717) is 12.3 Å². The van der Waals surface area contributed by atoms with Crippen LogP contribution in [0.4, 0.5) is 16.2 Å². The molecule has 0 saturated heterocycles. The van der Waals surface area contributed by atoms with Crippen LogP contribution < -0.4 is 10.6 Å². The van der Waals surface area contributed by atoms with Crippen LogP contribution in [0.2, 0.25) is 0 Å². The van der Waals surface area contributed by atoms with Crippen LogP contribution in [0.5, 0.6) is 0 Å². The number of non-ortho nitro benzene ring substituents is 1. The summed E-state index contributed by atoms with van der Waals surface area (Å²) in [5, 5.41) is 17.2. The Bertz CT molecular complexity index is 1120. The number of alkyl carbamates (subject to hydrolysis) is 1. The van der Waals surface area contributed by atoms with Gasteiger partial charge in [-0.3, -0.25) is 15.4 Å². The highest BCUT2D eigenvalue weighted by molar-refractivity contribution is 5.67. The average Bonchev–Trinajstić information content (AvgIpc) is 2.90. The van der Waals surface area contributed by atoms with Crippen molar-refractivity contribution in [2.24, 2.45) is 5.92 Å². The molecule has 1 amide bonds. The average molecular weight is 490 g/mol. The van der Waals surface area contributed by atoms with Gasteiger partial charge < -0.3 is 14.8 Å². The molecule has 0 aliphatic carbocycles. The van der Waals surface area contributed by atoms with Crippen LogP contribution >= 0.6 is 0 Å². The SMILES string of the molecule is CCOC(NC(=O)OCc1ccccc1)[C@H](C)[C@@H](/C=C/c1ccccc1)Nc1ccc([N+](=O)[O-])cc1. The first-order chi connectivity index (χ1) is 17.5. The van der Waals surface area contributed by atoms with E-state index >= 15 is 0 Å². The van der Waals surface area contributed by atoms with Crippen molar-refractivity contribution in [2.45, 2.75) is 32.7 Å². The number of carbonyl (C=O) groups is 1. The van der Waals surface area contributed by atoms with E-state index in [9.17, 15) is 14.9 Å². The number of rotatable bonds is 12. The maximum atomic E-state index is 12.6. The standard InChI is InChI=1S/C28H31N3O5/c1-3-35-27(30-28(32)36-20-23-12-8-5-9-13-23)21(2)26(19-14-22-10-6-4-7-11-22)29-24-15-17-25(18-16-24)31(33)34/h4-19,21,26-27,29H,3,20H2,1-2H3,(H,30,32)/b19-14+/t21-,26-,27?/m1/s1. The Kier molecular flexibility index (Phi) is 10.0. The molecule has 0 fully saturated rings. The van der Waals surface area contributed by atoms with E-state index in [1.54, 1.807) is 12.1 Å². The fourth-order valence-corrected chi connectivity index (χ4v) is 3.58. The summed E-state index contributed by atoms with van der Waals surface area (Å²) in [5.41, 5.74) is 2.62. The Labute approximate surface area is 211 Å². The molecule has 3 atom stereocenters. The molecule has 0 bridgehead atoms. The number of hydrogen-bond donors (Lipinski definition) is 2. The van der Waals surface area contributed by atoms with Gasteiger partial charge >= 0.3 is 6.09 Å². The van der Waals surface area contributed by atoms with Gasteiger partial charge in [0.1, 0.15) is 12.8 Å². The van der Waals surface area contributed by atoms with Crippen LogP contribution in [0.3, 0.4) is 0 Å². The molecule has 0 radical (unpaired) electrons. The van der Waals surface area contributed by atoms with Gasteiger partial charge in [-0.05, 0) is 30.2 Å². The fraction of sp³-hybridized carbons (Fsp3) is 0.250. The summed E-state index contributed by atoms with van der Waals surface area (Å²) in [6.45, 7) is 4.35. The molecule has 3 rings (SSSR count). The van der Waals surface area contributed by atoms with Gasteiger partial charge in [0.25, 0.3) is 5.69 Å². The van der Waals surface area contributed by atoms with Crippen molar-refractivity contribution in [2.75, 3.05) is 11.9 Å². The van der Waals surface area contributed by atoms with Crippen LogP contribution in [0, 0.1) is 16.0 Å². The first kappa shape index (κ1) is 26.4. The fourth-order valence-electron chi connectivity index (χ4n) is 3.58. The number of carbonyl (C=O) groups excluding carboxylic acids is 1. The Morgan fingerprint density at radius 1 is 1.00 bits per heavy atom. The monoisotopic (exact) mass is 489 g/mol. The summed E-state index contributed by atoms with van der Waals surface area (Å²) in [7, 11) is 0. The Morgan fingerprint density at radius 3 is 2.25 bits per heavy atom. The van der Waals surface area contributed by atoms with Crippen molar-refractivity contribution in [3.8, 4) is 0 Å². The van der Waals surface area contributed by atoms with E-state index in [1.807, 2.05) is 86.7 Å². The molecule has 0 heterocycles. The highest BCUT2D eigenvalue weighted by Crippen LogP contribution is 2.21. The minimum Gasteiger partial charge on any atom is -0.445 e. The maximum Gasteiger partial charge on any atom is 0.409 e. The van der Waals surface area contributed by atoms with Crippen LogP contribution in [0.1, 0.15) is 25.0 Å². The summed E-state index contributed by atoms with van der Waals surface area (Å²) < 4.78 is 11.3. The highest BCUT2D eigenvalue weighted by atomic mass is 16.6. The molecule has 1 unspecified atom stereocenters. The largest absolute Gasteiger partial charge is 0.445 e. The molecular weight excluding hydrogens is 458 g/mol. The van der Waals surface area contributed by atoms with Gasteiger partial charge in [0, 0.05) is 30.3 Å². The van der Waals surface area contributed by atoms with Crippen molar-refractivity contribution >= 4 is 23.5 Å². The normalized spacial score (nSPS) is 13.5. The number of amides is 1. The van der Waals surface area contributed by atoms with E-state index in [-0.39, 0.29) is 24.3 Å². The maximum absolute atomic E-state index is 12.6. The van der Waals surface area contributed by atoms with Crippen LogP contribution in [-0.2, 0) is 16.1 Å². The zero-order valence-corrected chi connectivity index (χ0v) is 20.4. The van der Waals surface area contributed by atoms with Crippen molar-refractivity contribution in [3.63, 3.8) is 0 Å². The topological polar surface area (TPSA) is 103 Å². The van der Waals surface area contributed by atoms with Gasteiger partial charge in [-0.25, -0.2) is 4.79 Å². The van der Waals surface area contributed by atoms with Crippen molar-refractivity contribution in [3.05, 3.63) is 112 Å². The molecule has 0 saturated carbocycles. The number of hydrogen-bond acceptors (Lipinski definition) is 6. The lowest BCUT2D eigenvalue weighted by atomic mass is 9.98. The second-order valence-electron chi connectivity index (χ2n) is 8.19. The number of ether oxygens (including phenoxy) is 2. The van der Waals surface area contributed by atoms with Gasteiger partial charge in [0.05, 0.1) is 11.0 Å². The highest BCUT2D eigenvalue weighted by Gasteiger charge is 2.27. The molecule has 2 N–H and O–H groups in total. The summed E-state index contributed by atoms with van der Waals surface area (Å²) in [5.74, 6) is -0.232. The summed E-state index contributed by atoms with van der Waals surface area (Å²) in [6.07, 6.45) is 2.75. The Morgan fingerprint density at radius 2 is 1.64 bits per heavy atom. The summed E-state index contributed by atoms with van der Waals surface area (Å²) in [6, 6.07) is 25.2. The second-order valence-corrected chi connectivity index (χ2v) is 8.19. The third kappa shape index (κ3) is 8.25. The molecule has 188 valence electrons. The lowest BCUT2D eigenvalue weighted by Gasteiger charge is -2.31. The first-order valence-electron chi connectivity index (χ1n) is 11.8. The zero-order valence-electron chi connectivity index (χ0n) is 20.4. The molecule has 36 heavy (non-hydrogen) atoms. The number of anilines is 1. The van der Waals surface area contributed by atoms with Gasteiger partial charge in [-0.15, -0.1) is 0 Å². The first-order valence-corrected chi connectivity index (χ1v) is 11.8. The molecule has 0 aliphatic heterocycles. The number of nitro groups is 1. The van der Waals surface area contributed by atoms with E-state index < -0.39 is 17.2 Å². The van der Waals surface area contributed by atoms with Crippen molar-refractivity contribution in [1.82, 2.24) is 5.32 Å². The smallest absolute Gasteiger partial charge is 0.409 e. The predicted molar refractivity (Wildman–Crippen MR) is 140 cm³/mol. The third-order valence-electron chi connectivity index (χ3n) is 5.57. The minimum absolute atomic E-state index is 0.0139. The number of benzene rings is 3. The number of nitrogens with zero attached hydrogens (tertiary/aromatic N) is 1. The molecule has 0 aliphatic rings. The van der Waals surface area contributed by atoms with Gasteiger partial charge in [0.2, 0.25) is 0 Å². The summed E-state index contributed by atoms with van der Waals surface area (Å²) >= 11 is 0. The van der Waals surface area contributed by atoms with Gasteiger partial charge in [0.15, 0.2) is 0 Å². The lowest BCUT2D eigenvalue weighted by Crippen LogP contribution is -2.47. The molecule has 0 aromatic heterocycles. The molecular formula is C28H31N3O5. The molecule has 3 aromatic carbocycles. The van der Waals surface area contributed by atoms with E-state index in [1.165, 1.54) is 12.1 Å². The molecule has 0 spiro atoms. The zero-order chi connectivity index (χ0) is 25.8. The minimum atomic E-state index is -0.644. The molecule has 8 heteroatoms. The van der Waals surface area contributed by atoms with Crippen LogP contribution in [-0.4, -0.2) is 29.9 Å². The molecule has 8 nitrogen and oxygen atoms in total. The third-order valence-corrected chi connectivity index (χ3v) is 5.57. The quantitative estimate of drug-likeness (QED) is 0.183. The Balaban J connectivity index is 1.75. The number of nitro benzene ring substituents is 1. The van der Waals surface area contributed by atoms with Crippen molar-refractivity contribution < 1.29 is 19.2 Å². The van der Waals surface area contributed by atoms with Crippen LogP contribution in [0.15, 0.2) is 91.0 Å². The predicted octanol–water partition coefficient (Wildman–Crippen LogP) is 6.01. The van der Waals surface area contributed by atoms with E-state index in [4.69, 9.17) is 9.47 Å². The van der Waals surface area contributed by atoms with Crippen LogP contribution in [0.25, 0.3) is 6.08 Å². The van der Waals surface area contributed by atoms with Gasteiger partial charge in [-0.1, -0.05) is 79.7 Å². The lowest BCUT2D eigenvalue weighted by molar-refractivity contribution is -0.384. The van der Waals surface area contributed by atoms with Crippen molar-refractivity contribution in [1.29, 1.82) is 0 Å². The second kappa shape index (κ2) is 13.7. The molecule has 3 aromatic rings. The van der Waals surface area contributed by atoms with Gasteiger partial charge in [-0.2, -0.15) is 0 Å². The number of nitrogens with one attached hydrogen (secondary N) is 2. The van der Waals surface area contributed by atoms with E-state index in [0.717, 1.165) is 11.1 Å². The summed E-state index contributed by atoms with van der Waals surface area (Å²) in [4.78, 5) is 23.1. The van der Waals surface area contributed by atoms with E-state index in [2.05, 4.69) is 10.6 Å². The Hall–Kier alpha value is -4.17.